The van der Waals surface area contributed by atoms with Crippen molar-refractivity contribution in [3.05, 3.63) is 35.9 Å². The van der Waals surface area contributed by atoms with Gasteiger partial charge in [-0.2, -0.15) is 0 Å². The van der Waals surface area contributed by atoms with E-state index < -0.39 is 80.1 Å². The van der Waals surface area contributed by atoms with E-state index in [1.165, 1.54) is 28.4 Å². The van der Waals surface area contributed by atoms with Crippen molar-refractivity contribution in [2.24, 2.45) is 5.73 Å². The van der Waals surface area contributed by atoms with Crippen molar-refractivity contribution < 1.29 is 34.2 Å². The summed E-state index contributed by atoms with van der Waals surface area (Å²) in [6, 6.07) is 3.15. The number of carbonyl (C=O) groups is 5. The summed E-state index contributed by atoms with van der Waals surface area (Å²) in [4.78, 5) is 64.5. The molecule has 1 aromatic rings. The molecule has 14 heteroatoms. The van der Waals surface area contributed by atoms with Crippen LogP contribution in [-0.4, -0.2) is 89.2 Å². The van der Waals surface area contributed by atoms with Crippen LogP contribution in [0.25, 0.3) is 0 Å². The maximum Gasteiger partial charge on any atom is 0.327 e. The van der Waals surface area contributed by atoms with Crippen molar-refractivity contribution in [3.8, 4) is 0 Å². The second-order valence-corrected chi connectivity index (χ2v) is 14.1. The maximum atomic E-state index is 13.6. The van der Waals surface area contributed by atoms with Crippen LogP contribution in [0, 0.1) is 0 Å². The molecule has 0 saturated carbocycles. The molecule has 5 unspecified atom stereocenters. The number of rotatable bonds is 8. The standard InChI is InChI=1S/C24H31N5O7S2/c1-23(2)14(21(33)34)28-18(37-23)12(26-16(30)11(25)10-8-6-5-7-9-10)17(31)27-13-19(32)29-15(22(35)36)24(3,4)38-20(13)29/h5-9,11-15,18,20,28H,25H2,1-4H3,(H,26,30)(H,27,31)(H,33,34)(H,35,36)/t11-,12?,13?,14+,15?,18?,20?/m1/s1. The van der Waals surface area contributed by atoms with Gasteiger partial charge in [-0.15, -0.1) is 23.5 Å². The number of nitrogens with one attached hydrogen (secondary N) is 3. The van der Waals surface area contributed by atoms with Crippen LogP contribution in [-0.2, 0) is 24.0 Å². The number of carbonyl (C=O) groups excluding carboxylic acids is 3. The first-order valence-electron chi connectivity index (χ1n) is 12.0. The fraction of sp³-hybridized carbons (Fsp3) is 0.542. The van der Waals surface area contributed by atoms with Gasteiger partial charge in [-0.25, -0.2) is 4.79 Å². The number of hydrogen-bond acceptors (Lipinski definition) is 9. The van der Waals surface area contributed by atoms with E-state index in [0.717, 1.165) is 0 Å². The van der Waals surface area contributed by atoms with Crippen LogP contribution in [0.5, 0.6) is 0 Å². The summed E-state index contributed by atoms with van der Waals surface area (Å²) in [6.45, 7) is 6.88. The first-order valence-corrected chi connectivity index (χ1v) is 13.7. The highest BCUT2D eigenvalue weighted by Gasteiger charge is 2.64. The molecule has 7 N–H and O–H groups in total. The van der Waals surface area contributed by atoms with Crippen molar-refractivity contribution in [2.75, 3.05) is 0 Å². The number of fused-ring (bicyclic) bond motifs is 1. The first kappa shape index (κ1) is 28.2. The number of amides is 3. The van der Waals surface area contributed by atoms with Gasteiger partial charge in [0, 0.05) is 9.49 Å². The van der Waals surface area contributed by atoms with Gasteiger partial charge in [-0.1, -0.05) is 30.3 Å². The van der Waals surface area contributed by atoms with Crippen molar-refractivity contribution >= 4 is 53.2 Å². The molecule has 0 aliphatic carbocycles. The molecule has 0 radical (unpaired) electrons. The van der Waals surface area contributed by atoms with E-state index in [0.29, 0.717) is 5.56 Å². The molecule has 38 heavy (non-hydrogen) atoms. The van der Waals surface area contributed by atoms with Crippen molar-refractivity contribution in [2.45, 2.75) is 78.1 Å². The Morgan fingerprint density at radius 1 is 1.00 bits per heavy atom. The minimum absolute atomic E-state index is 0.522. The SMILES string of the molecule is CC1(C)SC2C(NC(=O)C(NC(=O)[C@H](N)c3ccccc3)C3N[C@@H](C(=O)O)C(C)(C)S3)C(=O)N2C1C(=O)O. The fourth-order valence-corrected chi connectivity index (χ4v) is 8.17. The molecule has 1 aromatic carbocycles. The predicted octanol–water partition coefficient (Wildman–Crippen LogP) is -0.303. The lowest BCUT2D eigenvalue weighted by molar-refractivity contribution is -0.161. The van der Waals surface area contributed by atoms with Crippen LogP contribution in [0.15, 0.2) is 30.3 Å². The van der Waals surface area contributed by atoms with E-state index >= 15 is 0 Å². The van der Waals surface area contributed by atoms with Gasteiger partial charge in [0.15, 0.2) is 0 Å². The number of β-lactam (4-membered cyclic amide) rings is 1. The number of benzene rings is 1. The highest BCUT2D eigenvalue weighted by Crippen LogP contribution is 2.50. The molecule has 12 nitrogen and oxygen atoms in total. The van der Waals surface area contributed by atoms with Gasteiger partial charge in [-0.3, -0.25) is 24.5 Å². The zero-order valence-corrected chi connectivity index (χ0v) is 22.8. The van der Waals surface area contributed by atoms with E-state index in [1.54, 1.807) is 58.0 Å². The summed E-state index contributed by atoms with van der Waals surface area (Å²) in [7, 11) is 0. The minimum Gasteiger partial charge on any atom is -0.480 e. The number of carboxylic acids is 2. The molecule has 3 saturated heterocycles. The normalized spacial score (nSPS) is 30.5. The topological polar surface area (TPSA) is 191 Å². The van der Waals surface area contributed by atoms with E-state index in [4.69, 9.17) is 5.73 Å². The van der Waals surface area contributed by atoms with E-state index in [9.17, 15) is 34.2 Å². The van der Waals surface area contributed by atoms with Gasteiger partial charge < -0.3 is 31.5 Å². The second-order valence-electron chi connectivity index (χ2n) is 10.5. The molecule has 4 rings (SSSR count). The van der Waals surface area contributed by atoms with Gasteiger partial charge in [0.25, 0.3) is 0 Å². The monoisotopic (exact) mass is 565 g/mol. The van der Waals surface area contributed by atoms with Crippen molar-refractivity contribution in [1.29, 1.82) is 0 Å². The van der Waals surface area contributed by atoms with E-state index in [2.05, 4.69) is 16.0 Å². The minimum atomic E-state index is -1.28. The molecule has 0 spiro atoms. The van der Waals surface area contributed by atoms with Crippen LogP contribution in [0.4, 0.5) is 0 Å². The average molecular weight is 566 g/mol. The number of aliphatic carboxylic acids is 2. The Hall–Kier alpha value is -2.81. The van der Waals surface area contributed by atoms with Crippen LogP contribution in [0.2, 0.25) is 0 Å². The summed E-state index contributed by atoms with van der Waals surface area (Å²) in [6.07, 6.45) is 0. The number of carboxylic acid groups (broad SMARTS) is 2. The molecule has 3 aliphatic rings. The van der Waals surface area contributed by atoms with Crippen LogP contribution < -0.4 is 21.7 Å². The first-order chi connectivity index (χ1) is 17.7. The molecule has 3 heterocycles. The van der Waals surface area contributed by atoms with Gasteiger partial charge in [0.2, 0.25) is 17.7 Å². The number of hydrogen-bond donors (Lipinski definition) is 6. The Labute approximate surface area is 227 Å². The highest BCUT2D eigenvalue weighted by molar-refractivity contribution is 8.02. The number of nitrogens with two attached hydrogens (primary N) is 1. The Balaban J connectivity index is 1.55. The molecule has 0 bridgehead atoms. The van der Waals surface area contributed by atoms with Crippen LogP contribution in [0.1, 0.15) is 39.3 Å². The van der Waals surface area contributed by atoms with Gasteiger partial charge >= 0.3 is 11.9 Å². The molecule has 3 aliphatic heterocycles. The number of nitrogens with zero attached hydrogens (tertiary/aromatic N) is 1. The third-order valence-electron chi connectivity index (χ3n) is 7.00. The second kappa shape index (κ2) is 10.1. The van der Waals surface area contributed by atoms with E-state index in [1.807, 2.05) is 0 Å². The van der Waals surface area contributed by atoms with Gasteiger partial charge in [0.05, 0.1) is 5.37 Å². The number of thioether (sulfide) groups is 2. The maximum absolute atomic E-state index is 13.6. The Morgan fingerprint density at radius 2 is 1.63 bits per heavy atom. The average Bonchev–Trinajstić information content (AvgIpc) is 3.30. The summed E-state index contributed by atoms with van der Waals surface area (Å²) in [5.74, 6) is -4.13. The van der Waals surface area contributed by atoms with Gasteiger partial charge in [-0.05, 0) is 33.3 Å². The molecule has 206 valence electrons. The molecule has 7 atom stereocenters. The van der Waals surface area contributed by atoms with Gasteiger partial charge in [0.1, 0.15) is 35.6 Å². The lowest BCUT2D eigenvalue weighted by Gasteiger charge is -2.44. The highest BCUT2D eigenvalue weighted by atomic mass is 32.2. The summed E-state index contributed by atoms with van der Waals surface area (Å²) in [5.41, 5.74) is 6.66. The zero-order chi connectivity index (χ0) is 28.2. The third-order valence-corrected chi connectivity index (χ3v) is 10.1. The Kier molecular flexibility index (Phi) is 7.47. The van der Waals surface area contributed by atoms with Crippen molar-refractivity contribution in [1.82, 2.24) is 20.9 Å². The summed E-state index contributed by atoms with van der Waals surface area (Å²) < 4.78 is -1.59. The van der Waals surface area contributed by atoms with Crippen molar-refractivity contribution in [3.63, 3.8) is 0 Å². The largest absolute Gasteiger partial charge is 0.480 e. The third kappa shape index (κ3) is 4.97. The molecular formula is C24H31N5O7S2. The lowest BCUT2D eigenvalue weighted by Crippen LogP contribution is -2.72. The predicted molar refractivity (Wildman–Crippen MR) is 141 cm³/mol. The lowest BCUT2D eigenvalue weighted by atomic mass is 9.96. The molecule has 3 amide bonds. The summed E-state index contributed by atoms with van der Waals surface area (Å²) in [5, 5.41) is 26.1. The molecule has 0 aromatic heterocycles. The quantitative estimate of drug-likeness (QED) is 0.227. The smallest absolute Gasteiger partial charge is 0.327 e. The fourth-order valence-electron chi connectivity index (χ4n) is 5.05. The molecular weight excluding hydrogens is 534 g/mol. The van der Waals surface area contributed by atoms with E-state index in [-0.39, 0.29) is 0 Å². The summed E-state index contributed by atoms with van der Waals surface area (Å²) >= 11 is 2.46. The van der Waals surface area contributed by atoms with Crippen LogP contribution in [0.3, 0.4) is 0 Å². The Bertz CT molecular complexity index is 1160. The zero-order valence-electron chi connectivity index (χ0n) is 21.2. The Morgan fingerprint density at radius 3 is 2.18 bits per heavy atom. The van der Waals surface area contributed by atoms with Crippen LogP contribution >= 0.6 is 23.5 Å². The molecule has 3 fully saturated rings.